The number of carbonyl (C=O) groups excluding carboxylic acids is 1. The third-order valence-electron chi connectivity index (χ3n) is 4.11. The summed E-state index contributed by atoms with van der Waals surface area (Å²) in [6.45, 7) is 5.70. The van der Waals surface area contributed by atoms with Crippen molar-refractivity contribution in [2.75, 3.05) is 6.61 Å². The van der Waals surface area contributed by atoms with Gasteiger partial charge >= 0.3 is 11.7 Å². The van der Waals surface area contributed by atoms with E-state index in [2.05, 4.69) is 4.98 Å². The fourth-order valence-electron chi connectivity index (χ4n) is 2.85. The number of carbonyl (C=O) groups is 1. The molecule has 26 heavy (non-hydrogen) atoms. The lowest BCUT2D eigenvalue weighted by Crippen LogP contribution is -2.39. The van der Waals surface area contributed by atoms with Crippen molar-refractivity contribution in [3.05, 3.63) is 57.0 Å². The Morgan fingerprint density at radius 3 is 2.46 bits per heavy atom. The quantitative estimate of drug-likeness (QED) is 0.642. The normalized spacial score (nSPS) is 11.0. The van der Waals surface area contributed by atoms with E-state index >= 15 is 0 Å². The molecule has 8 heteroatoms. The zero-order valence-corrected chi connectivity index (χ0v) is 14.9. The number of imidazole rings is 1. The van der Waals surface area contributed by atoms with E-state index < -0.39 is 17.2 Å². The first-order chi connectivity index (χ1) is 12.5. The minimum Gasteiger partial charge on any atom is -0.465 e. The van der Waals surface area contributed by atoms with Crippen LogP contribution in [0.15, 0.2) is 40.2 Å². The zero-order valence-electron chi connectivity index (χ0n) is 14.9. The second-order valence-corrected chi connectivity index (χ2v) is 5.85. The van der Waals surface area contributed by atoms with E-state index in [1.54, 1.807) is 26.0 Å². The zero-order chi connectivity index (χ0) is 18.8. The van der Waals surface area contributed by atoms with Crippen LogP contribution in [0.2, 0.25) is 0 Å². The number of esters is 1. The lowest BCUT2D eigenvalue weighted by molar-refractivity contribution is -0.143. The second kappa shape index (κ2) is 6.99. The van der Waals surface area contributed by atoms with Crippen molar-refractivity contribution in [3.8, 4) is 5.69 Å². The number of fused-ring (bicyclic) bond motifs is 1. The minimum atomic E-state index is -0.474. The van der Waals surface area contributed by atoms with Crippen molar-refractivity contribution < 1.29 is 9.53 Å². The minimum absolute atomic E-state index is 0.143. The van der Waals surface area contributed by atoms with Gasteiger partial charge in [-0.15, -0.1) is 0 Å². The molecule has 0 radical (unpaired) electrons. The molecule has 2 aromatic heterocycles. The highest BCUT2D eigenvalue weighted by Crippen LogP contribution is 2.14. The molecule has 0 unspecified atom stereocenters. The van der Waals surface area contributed by atoms with Crippen LogP contribution in [-0.4, -0.2) is 31.3 Å². The number of nitrogens with zero attached hydrogens (tertiary/aromatic N) is 4. The molecule has 0 bridgehead atoms. The predicted octanol–water partition coefficient (Wildman–Crippen LogP) is 1.24. The molecular weight excluding hydrogens is 336 g/mol. The number of benzene rings is 1. The van der Waals surface area contributed by atoms with Gasteiger partial charge < -0.3 is 9.30 Å². The van der Waals surface area contributed by atoms with Gasteiger partial charge in [-0.1, -0.05) is 17.7 Å². The molecule has 0 N–H and O–H groups in total. The van der Waals surface area contributed by atoms with Crippen LogP contribution in [0, 0.1) is 6.92 Å². The van der Waals surface area contributed by atoms with E-state index in [-0.39, 0.29) is 30.9 Å². The molecule has 8 nitrogen and oxygen atoms in total. The highest BCUT2D eigenvalue weighted by molar-refractivity contribution is 5.76. The summed E-state index contributed by atoms with van der Waals surface area (Å²) in [5.74, 6) is -0.470. The molecular formula is C18H20N4O4. The summed E-state index contributed by atoms with van der Waals surface area (Å²) in [4.78, 5) is 41.7. The molecule has 2 heterocycles. The Morgan fingerprint density at radius 1 is 1.15 bits per heavy atom. The first-order valence-electron chi connectivity index (χ1n) is 8.41. The van der Waals surface area contributed by atoms with Gasteiger partial charge in [0.15, 0.2) is 11.2 Å². The maximum Gasteiger partial charge on any atom is 0.337 e. The van der Waals surface area contributed by atoms with E-state index in [9.17, 15) is 14.4 Å². The van der Waals surface area contributed by atoms with E-state index in [1.807, 2.05) is 19.1 Å². The molecule has 0 fully saturated rings. The van der Waals surface area contributed by atoms with Crippen LogP contribution >= 0.6 is 0 Å². The molecule has 0 aliphatic heterocycles. The van der Waals surface area contributed by atoms with Gasteiger partial charge in [0.1, 0.15) is 6.54 Å². The van der Waals surface area contributed by atoms with Gasteiger partial charge in [0, 0.05) is 6.54 Å². The van der Waals surface area contributed by atoms with E-state index in [0.29, 0.717) is 5.69 Å². The first-order valence-corrected chi connectivity index (χ1v) is 8.41. The Bertz CT molecular complexity index is 1070. The first kappa shape index (κ1) is 17.7. The highest BCUT2D eigenvalue weighted by atomic mass is 16.5. The Hall–Kier alpha value is -3.16. The van der Waals surface area contributed by atoms with Crippen molar-refractivity contribution >= 4 is 17.1 Å². The van der Waals surface area contributed by atoms with Crippen molar-refractivity contribution in [2.45, 2.75) is 33.9 Å². The monoisotopic (exact) mass is 356 g/mol. The van der Waals surface area contributed by atoms with Crippen LogP contribution < -0.4 is 11.2 Å². The van der Waals surface area contributed by atoms with Crippen LogP contribution in [0.1, 0.15) is 19.4 Å². The summed E-state index contributed by atoms with van der Waals surface area (Å²) < 4.78 is 8.89. The summed E-state index contributed by atoms with van der Waals surface area (Å²) in [5.41, 5.74) is 1.13. The summed E-state index contributed by atoms with van der Waals surface area (Å²) >= 11 is 0. The van der Waals surface area contributed by atoms with Crippen LogP contribution in [0.3, 0.4) is 0 Å². The van der Waals surface area contributed by atoms with Crippen LogP contribution in [0.4, 0.5) is 0 Å². The van der Waals surface area contributed by atoms with Gasteiger partial charge in [-0.25, -0.2) is 14.3 Å². The van der Waals surface area contributed by atoms with Crippen LogP contribution in [-0.2, 0) is 22.6 Å². The van der Waals surface area contributed by atoms with Crippen LogP contribution in [0.5, 0.6) is 0 Å². The molecule has 0 amide bonds. The van der Waals surface area contributed by atoms with Crippen molar-refractivity contribution in [3.63, 3.8) is 0 Å². The number of rotatable bonds is 5. The van der Waals surface area contributed by atoms with Gasteiger partial charge in [0.05, 0.1) is 18.6 Å². The smallest absolute Gasteiger partial charge is 0.337 e. The fourth-order valence-corrected chi connectivity index (χ4v) is 2.85. The Labute approximate surface area is 149 Å². The molecule has 136 valence electrons. The summed E-state index contributed by atoms with van der Waals surface area (Å²) in [6, 6.07) is 7.35. The Morgan fingerprint density at radius 2 is 1.85 bits per heavy atom. The molecule has 3 rings (SSSR count). The SMILES string of the molecule is CCOC(=O)Cn1cnc2c1c(=O)n(CC)c(=O)n2-c1ccc(C)cc1. The molecule has 0 aliphatic rings. The van der Waals surface area contributed by atoms with Gasteiger partial charge in [-0.2, -0.15) is 0 Å². The number of aryl methyl sites for hydroxylation is 1. The second-order valence-electron chi connectivity index (χ2n) is 5.85. The van der Waals surface area contributed by atoms with E-state index in [1.165, 1.54) is 15.5 Å². The van der Waals surface area contributed by atoms with Gasteiger partial charge in [-0.3, -0.25) is 14.2 Å². The van der Waals surface area contributed by atoms with E-state index in [4.69, 9.17) is 4.74 Å². The largest absolute Gasteiger partial charge is 0.465 e. The fraction of sp³-hybridized carbons (Fsp3) is 0.333. The van der Waals surface area contributed by atoms with Crippen molar-refractivity contribution in [1.82, 2.24) is 18.7 Å². The van der Waals surface area contributed by atoms with Crippen LogP contribution in [0.25, 0.3) is 16.9 Å². The average molecular weight is 356 g/mol. The average Bonchev–Trinajstić information content (AvgIpc) is 3.00. The number of aromatic nitrogens is 4. The van der Waals surface area contributed by atoms with Gasteiger partial charge in [0.2, 0.25) is 0 Å². The number of hydrogen-bond donors (Lipinski definition) is 0. The summed E-state index contributed by atoms with van der Waals surface area (Å²) in [7, 11) is 0. The molecule has 1 aromatic carbocycles. The lowest BCUT2D eigenvalue weighted by atomic mass is 10.2. The molecule has 0 spiro atoms. The standard InChI is InChI=1S/C18H20N4O4/c1-4-21-17(24)15-16(19-11-20(15)10-14(23)26-5-2)22(18(21)25)13-8-6-12(3)7-9-13/h6-9,11H,4-5,10H2,1-3H3. The number of ether oxygens (including phenoxy) is 1. The van der Waals surface area contributed by atoms with Gasteiger partial charge in [-0.05, 0) is 32.9 Å². The Kier molecular flexibility index (Phi) is 4.75. The summed E-state index contributed by atoms with van der Waals surface area (Å²) in [6.07, 6.45) is 1.38. The lowest BCUT2D eigenvalue weighted by Gasteiger charge is -2.11. The molecule has 0 aliphatic carbocycles. The number of hydrogen-bond acceptors (Lipinski definition) is 5. The van der Waals surface area contributed by atoms with Crippen molar-refractivity contribution in [2.24, 2.45) is 0 Å². The molecule has 0 atom stereocenters. The molecule has 3 aromatic rings. The maximum atomic E-state index is 12.8. The predicted molar refractivity (Wildman–Crippen MR) is 96.6 cm³/mol. The maximum absolute atomic E-state index is 12.8. The van der Waals surface area contributed by atoms with E-state index in [0.717, 1.165) is 10.1 Å². The molecule has 0 saturated heterocycles. The third kappa shape index (κ3) is 2.94. The molecule has 0 saturated carbocycles. The third-order valence-corrected chi connectivity index (χ3v) is 4.11. The van der Waals surface area contributed by atoms with Crippen molar-refractivity contribution in [1.29, 1.82) is 0 Å². The van der Waals surface area contributed by atoms with Gasteiger partial charge in [0.25, 0.3) is 5.56 Å². The summed E-state index contributed by atoms with van der Waals surface area (Å²) in [5, 5.41) is 0. The topological polar surface area (TPSA) is 88.1 Å². The Balaban J connectivity index is 2.30. The highest BCUT2D eigenvalue weighted by Gasteiger charge is 2.19.